The highest BCUT2D eigenvalue weighted by atomic mass is 32.2. The van der Waals surface area contributed by atoms with Crippen LogP contribution in [0.2, 0.25) is 0 Å². The van der Waals surface area contributed by atoms with Crippen molar-refractivity contribution in [2.45, 2.75) is 6.92 Å². The lowest BCUT2D eigenvalue weighted by Crippen LogP contribution is -2.50. The van der Waals surface area contributed by atoms with Crippen molar-refractivity contribution in [3.05, 3.63) is 29.8 Å². The first-order chi connectivity index (χ1) is 10.5. The Bertz CT molecular complexity index is 605. The molecule has 1 aliphatic rings. The van der Waals surface area contributed by atoms with E-state index in [4.69, 9.17) is 4.74 Å². The zero-order valence-electron chi connectivity index (χ0n) is 13.0. The van der Waals surface area contributed by atoms with Gasteiger partial charge < -0.3 is 4.74 Å². The summed E-state index contributed by atoms with van der Waals surface area (Å²) in [6.45, 7) is 4.03. The zero-order valence-corrected chi connectivity index (χ0v) is 13.8. The van der Waals surface area contributed by atoms with Gasteiger partial charge >= 0.3 is 0 Å². The van der Waals surface area contributed by atoms with Crippen LogP contribution in [0.1, 0.15) is 17.3 Å². The largest absolute Gasteiger partial charge is 0.497 e. The Labute approximate surface area is 131 Å². The van der Waals surface area contributed by atoms with Crippen LogP contribution in [0.25, 0.3) is 0 Å². The van der Waals surface area contributed by atoms with Gasteiger partial charge in [-0.1, -0.05) is 0 Å². The van der Waals surface area contributed by atoms with Gasteiger partial charge in [-0.05, 0) is 31.2 Å². The number of carbonyl (C=O) groups excluding carboxylic acids is 1. The average molecular weight is 326 g/mol. The Balaban J connectivity index is 1.88. The van der Waals surface area contributed by atoms with Crippen LogP contribution in [0.3, 0.4) is 0 Å². The smallest absolute Gasteiger partial charge is 0.213 e. The zero-order chi connectivity index (χ0) is 16.2. The number of hydrogen-bond donors (Lipinski definition) is 0. The van der Waals surface area contributed by atoms with Crippen molar-refractivity contribution in [3.63, 3.8) is 0 Å². The Morgan fingerprint density at radius 2 is 1.73 bits per heavy atom. The molecule has 122 valence electrons. The van der Waals surface area contributed by atoms with Gasteiger partial charge in [-0.2, -0.15) is 4.31 Å². The van der Waals surface area contributed by atoms with Gasteiger partial charge in [0.25, 0.3) is 0 Å². The van der Waals surface area contributed by atoms with Crippen LogP contribution in [0.4, 0.5) is 0 Å². The first-order valence-corrected chi connectivity index (χ1v) is 8.94. The molecule has 0 N–H and O–H groups in total. The highest BCUT2D eigenvalue weighted by Crippen LogP contribution is 2.13. The molecule has 1 heterocycles. The molecule has 0 spiro atoms. The number of benzene rings is 1. The summed E-state index contributed by atoms with van der Waals surface area (Å²) in [4.78, 5) is 14.2. The Kier molecular flexibility index (Phi) is 5.55. The minimum Gasteiger partial charge on any atom is -0.497 e. The third kappa shape index (κ3) is 4.06. The van der Waals surface area contributed by atoms with Crippen molar-refractivity contribution >= 4 is 15.8 Å². The van der Waals surface area contributed by atoms with Crippen molar-refractivity contribution in [1.82, 2.24) is 9.21 Å². The van der Waals surface area contributed by atoms with Gasteiger partial charge in [0.15, 0.2) is 5.78 Å². The summed E-state index contributed by atoms with van der Waals surface area (Å²) in [6, 6.07) is 7.02. The number of rotatable bonds is 6. The standard InChI is InChI=1S/C15H22N2O4S/c1-3-22(19,20)17-10-8-16(9-11-17)12-15(18)13-4-6-14(21-2)7-5-13/h4-7H,3,8-12H2,1-2H3. The molecule has 0 unspecified atom stereocenters. The molecule has 1 aromatic carbocycles. The summed E-state index contributed by atoms with van der Waals surface area (Å²) in [6.07, 6.45) is 0. The quantitative estimate of drug-likeness (QED) is 0.725. The predicted molar refractivity (Wildman–Crippen MR) is 84.8 cm³/mol. The van der Waals surface area contributed by atoms with Crippen LogP contribution in [0.5, 0.6) is 5.75 Å². The summed E-state index contributed by atoms with van der Waals surface area (Å²) in [5.41, 5.74) is 0.643. The molecule has 0 aliphatic carbocycles. The number of sulfonamides is 1. The lowest BCUT2D eigenvalue weighted by molar-refractivity contribution is 0.0901. The maximum atomic E-state index is 12.2. The van der Waals surface area contributed by atoms with Gasteiger partial charge in [-0.15, -0.1) is 0 Å². The highest BCUT2D eigenvalue weighted by molar-refractivity contribution is 7.89. The second-order valence-corrected chi connectivity index (χ2v) is 7.49. The van der Waals surface area contributed by atoms with Gasteiger partial charge in [0.2, 0.25) is 10.0 Å². The van der Waals surface area contributed by atoms with E-state index >= 15 is 0 Å². The molecule has 0 radical (unpaired) electrons. The normalized spacial score (nSPS) is 17.4. The maximum Gasteiger partial charge on any atom is 0.213 e. The number of ether oxygens (including phenoxy) is 1. The summed E-state index contributed by atoms with van der Waals surface area (Å²) >= 11 is 0. The van der Waals surface area contributed by atoms with E-state index in [2.05, 4.69) is 0 Å². The molecule has 0 aromatic heterocycles. The fourth-order valence-electron chi connectivity index (χ4n) is 2.42. The second kappa shape index (κ2) is 7.21. The number of ketones is 1. The molecule has 0 amide bonds. The minimum atomic E-state index is -3.13. The molecular weight excluding hydrogens is 304 g/mol. The molecule has 1 fully saturated rings. The second-order valence-electron chi connectivity index (χ2n) is 5.23. The monoisotopic (exact) mass is 326 g/mol. The van der Waals surface area contributed by atoms with Gasteiger partial charge in [0, 0.05) is 31.7 Å². The summed E-state index contributed by atoms with van der Waals surface area (Å²) in [5.74, 6) is 0.877. The SMILES string of the molecule is CCS(=O)(=O)N1CCN(CC(=O)c2ccc(OC)cc2)CC1. The summed E-state index contributed by atoms with van der Waals surface area (Å²) < 4.78 is 30.2. The van der Waals surface area contributed by atoms with E-state index in [0.717, 1.165) is 5.75 Å². The molecular formula is C15H22N2O4S. The number of nitrogens with zero attached hydrogens (tertiary/aromatic N) is 2. The van der Waals surface area contributed by atoms with Crippen molar-refractivity contribution in [2.24, 2.45) is 0 Å². The van der Waals surface area contributed by atoms with E-state index < -0.39 is 10.0 Å². The first kappa shape index (κ1) is 16.9. The fraction of sp³-hybridized carbons (Fsp3) is 0.533. The molecule has 0 atom stereocenters. The third-order valence-corrected chi connectivity index (χ3v) is 5.75. The Hall–Kier alpha value is -1.44. The van der Waals surface area contributed by atoms with E-state index in [9.17, 15) is 13.2 Å². The molecule has 7 heteroatoms. The van der Waals surface area contributed by atoms with Crippen LogP contribution < -0.4 is 4.74 Å². The van der Waals surface area contributed by atoms with Gasteiger partial charge in [-0.25, -0.2) is 8.42 Å². The highest BCUT2D eigenvalue weighted by Gasteiger charge is 2.26. The first-order valence-electron chi connectivity index (χ1n) is 7.33. The number of carbonyl (C=O) groups is 1. The van der Waals surface area contributed by atoms with Gasteiger partial charge in [0.1, 0.15) is 5.75 Å². The third-order valence-electron chi connectivity index (χ3n) is 3.87. The number of methoxy groups -OCH3 is 1. The number of Topliss-reactive ketones (excluding diaryl/α,β-unsaturated/α-hetero) is 1. The van der Waals surface area contributed by atoms with E-state index in [1.54, 1.807) is 38.3 Å². The fourth-order valence-corrected chi connectivity index (χ4v) is 3.50. The molecule has 22 heavy (non-hydrogen) atoms. The Morgan fingerprint density at radius 3 is 2.23 bits per heavy atom. The van der Waals surface area contributed by atoms with Gasteiger partial charge in [0.05, 0.1) is 19.4 Å². The van der Waals surface area contributed by atoms with Crippen molar-refractivity contribution < 1.29 is 17.9 Å². The number of piperazine rings is 1. The predicted octanol–water partition coefficient (Wildman–Crippen LogP) is 0.845. The average Bonchev–Trinajstić information content (AvgIpc) is 2.55. The summed E-state index contributed by atoms with van der Waals surface area (Å²) in [7, 11) is -1.54. The molecule has 1 aromatic rings. The van der Waals surface area contributed by atoms with Crippen LogP contribution in [0.15, 0.2) is 24.3 Å². The molecule has 2 rings (SSSR count). The topological polar surface area (TPSA) is 66.9 Å². The minimum absolute atomic E-state index is 0.0365. The van der Waals surface area contributed by atoms with E-state index in [1.807, 2.05) is 4.90 Å². The molecule has 1 aliphatic heterocycles. The van der Waals surface area contributed by atoms with Crippen LogP contribution in [0, 0.1) is 0 Å². The van der Waals surface area contributed by atoms with E-state index in [-0.39, 0.29) is 11.5 Å². The Morgan fingerprint density at radius 1 is 1.14 bits per heavy atom. The molecule has 6 nitrogen and oxygen atoms in total. The molecule has 1 saturated heterocycles. The van der Waals surface area contributed by atoms with Crippen LogP contribution >= 0.6 is 0 Å². The maximum absolute atomic E-state index is 12.2. The summed E-state index contributed by atoms with van der Waals surface area (Å²) in [5, 5.41) is 0. The van der Waals surface area contributed by atoms with Crippen molar-refractivity contribution in [1.29, 1.82) is 0 Å². The van der Waals surface area contributed by atoms with Gasteiger partial charge in [-0.3, -0.25) is 9.69 Å². The van der Waals surface area contributed by atoms with Crippen LogP contribution in [-0.2, 0) is 10.0 Å². The lowest BCUT2D eigenvalue weighted by Gasteiger charge is -2.33. The van der Waals surface area contributed by atoms with Crippen molar-refractivity contribution in [2.75, 3.05) is 45.6 Å². The number of hydrogen-bond acceptors (Lipinski definition) is 5. The van der Waals surface area contributed by atoms with Crippen molar-refractivity contribution in [3.8, 4) is 5.75 Å². The van der Waals surface area contributed by atoms with E-state index in [1.165, 1.54) is 4.31 Å². The lowest BCUT2D eigenvalue weighted by atomic mass is 10.1. The van der Waals surface area contributed by atoms with E-state index in [0.29, 0.717) is 38.3 Å². The van der Waals surface area contributed by atoms with Crippen LogP contribution in [-0.4, -0.2) is 69.0 Å². The molecule has 0 bridgehead atoms. The molecule has 0 saturated carbocycles.